The van der Waals surface area contributed by atoms with Crippen molar-refractivity contribution in [3.8, 4) is 11.1 Å². The Kier molecular flexibility index (Phi) is 6.36. The van der Waals surface area contributed by atoms with Gasteiger partial charge >= 0.3 is 5.97 Å². The normalized spacial score (nSPS) is 10.6. The molecule has 1 N–H and O–H groups in total. The molecule has 3 aromatic carbocycles. The molecule has 1 amide bonds. The monoisotopic (exact) mass is 427 g/mol. The summed E-state index contributed by atoms with van der Waals surface area (Å²) in [7, 11) is 0. The number of benzene rings is 3. The van der Waals surface area contributed by atoms with E-state index in [-0.39, 0.29) is 18.5 Å². The molecule has 0 saturated heterocycles. The lowest BCUT2D eigenvalue weighted by Gasteiger charge is -2.12. The van der Waals surface area contributed by atoms with Crippen LogP contribution in [0.3, 0.4) is 0 Å². The molecular formula is C25H21N3O4. The molecular weight excluding hydrogens is 406 g/mol. The summed E-state index contributed by atoms with van der Waals surface area (Å²) in [6.45, 7) is -0.291. The number of anilines is 1. The molecule has 4 rings (SSSR count). The Balaban J connectivity index is 1.32. The Bertz CT molecular complexity index is 1320. The largest absolute Gasteiger partial charge is 0.456 e. The molecule has 160 valence electrons. The van der Waals surface area contributed by atoms with Crippen molar-refractivity contribution in [2.24, 2.45) is 0 Å². The third-order valence-electron chi connectivity index (χ3n) is 4.94. The van der Waals surface area contributed by atoms with E-state index in [1.54, 1.807) is 30.3 Å². The number of carbonyl (C=O) groups excluding carboxylic acids is 2. The molecule has 1 aromatic heterocycles. The van der Waals surface area contributed by atoms with Gasteiger partial charge in [0.05, 0.1) is 23.7 Å². The summed E-state index contributed by atoms with van der Waals surface area (Å²) >= 11 is 0. The number of ether oxygens (including phenoxy) is 1. The van der Waals surface area contributed by atoms with Gasteiger partial charge in [0.25, 0.3) is 11.5 Å². The van der Waals surface area contributed by atoms with Gasteiger partial charge in [-0.05, 0) is 23.8 Å². The molecule has 1 heterocycles. The van der Waals surface area contributed by atoms with Crippen LogP contribution in [-0.4, -0.2) is 28.0 Å². The van der Waals surface area contributed by atoms with E-state index < -0.39 is 18.5 Å². The minimum atomic E-state index is -0.573. The summed E-state index contributed by atoms with van der Waals surface area (Å²) in [6, 6.07) is 24.1. The molecule has 0 fully saturated rings. The molecule has 0 radical (unpaired) electrons. The van der Waals surface area contributed by atoms with Gasteiger partial charge in [-0.1, -0.05) is 60.7 Å². The number of aromatic nitrogens is 2. The van der Waals surface area contributed by atoms with Crippen LogP contribution in [0.1, 0.15) is 6.42 Å². The quantitative estimate of drug-likeness (QED) is 0.455. The molecule has 0 aliphatic rings. The number of amides is 1. The number of para-hydroxylation sites is 2. The SMILES string of the molecule is O=C(COC(=O)CCn1cnc2ccccc2c1=O)Nc1ccccc1-c1ccccc1. The number of esters is 1. The second kappa shape index (κ2) is 9.70. The van der Waals surface area contributed by atoms with Crippen molar-refractivity contribution >= 4 is 28.5 Å². The summed E-state index contributed by atoms with van der Waals surface area (Å²) in [5.74, 6) is -1.01. The summed E-state index contributed by atoms with van der Waals surface area (Å²) < 4.78 is 6.44. The number of hydrogen-bond donors (Lipinski definition) is 1. The highest BCUT2D eigenvalue weighted by Gasteiger charge is 2.12. The van der Waals surface area contributed by atoms with Crippen molar-refractivity contribution < 1.29 is 14.3 Å². The molecule has 0 aliphatic carbocycles. The van der Waals surface area contributed by atoms with Gasteiger partial charge in [0, 0.05) is 17.8 Å². The Morgan fingerprint density at radius 1 is 0.906 bits per heavy atom. The maximum absolute atomic E-state index is 12.5. The van der Waals surface area contributed by atoms with Gasteiger partial charge in [-0.15, -0.1) is 0 Å². The molecule has 4 aromatic rings. The Hall–Kier alpha value is -4.26. The highest BCUT2D eigenvalue weighted by Crippen LogP contribution is 2.27. The van der Waals surface area contributed by atoms with Gasteiger partial charge in [0.15, 0.2) is 6.61 Å². The van der Waals surface area contributed by atoms with Crippen molar-refractivity contribution in [1.29, 1.82) is 0 Å². The lowest BCUT2D eigenvalue weighted by atomic mass is 10.0. The number of rotatable bonds is 7. The van der Waals surface area contributed by atoms with Crippen molar-refractivity contribution in [3.05, 3.63) is 95.5 Å². The molecule has 7 nitrogen and oxygen atoms in total. The number of nitrogens with zero attached hydrogens (tertiary/aromatic N) is 2. The molecule has 32 heavy (non-hydrogen) atoms. The zero-order chi connectivity index (χ0) is 22.3. The summed E-state index contributed by atoms with van der Waals surface area (Å²) in [4.78, 5) is 41.1. The predicted octanol–water partition coefficient (Wildman–Crippen LogP) is 3.64. The number of aryl methyl sites for hydroxylation is 1. The minimum Gasteiger partial charge on any atom is -0.456 e. The lowest BCUT2D eigenvalue weighted by molar-refractivity contribution is -0.147. The predicted molar refractivity (Wildman–Crippen MR) is 122 cm³/mol. The van der Waals surface area contributed by atoms with E-state index in [4.69, 9.17) is 4.74 Å². The fraction of sp³-hybridized carbons (Fsp3) is 0.120. The third kappa shape index (κ3) is 4.89. The van der Waals surface area contributed by atoms with Crippen LogP contribution in [0, 0.1) is 0 Å². The highest BCUT2D eigenvalue weighted by atomic mass is 16.5. The number of nitrogens with one attached hydrogen (secondary N) is 1. The van der Waals surface area contributed by atoms with Crippen molar-refractivity contribution in [2.75, 3.05) is 11.9 Å². The first-order valence-electron chi connectivity index (χ1n) is 10.2. The van der Waals surface area contributed by atoms with Gasteiger partial charge in [-0.25, -0.2) is 4.98 Å². The molecule has 0 unspecified atom stereocenters. The van der Waals surface area contributed by atoms with E-state index in [9.17, 15) is 14.4 Å². The van der Waals surface area contributed by atoms with Gasteiger partial charge < -0.3 is 10.1 Å². The number of hydrogen-bond acceptors (Lipinski definition) is 5. The van der Waals surface area contributed by atoms with Gasteiger partial charge in [-0.3, -0.25) is 19.0 Å². The zero-order valence-corrected chi connectivity index (χ0v) is 17.2. The zero-order valence-electron chi connectivity index (χ0n) is 17.2. The van der Waals surface area contributed by atoms with E-state index in [1.807, 2.05) is 48.5 Å². The van der Waals surface area contributed by atoms with Gasteiger partial charge in [0.1, 0.15) is 0 Å². The van der Waals surface area contributed by atoms with Crippen LogP contribution >= 0.6 is 0 Å². The van der Waals surface area contributed by atoms with E-state index in [1.165, 1.54) is 10.9 Å². The molecule has 0 aliphatic heterocycles. The summed E-state index contributed by atoms with van der Waals surface area (Å²) in [5.41, 5.74) is 2.85. The second-order valence-electron chi connectivity index (χ2n) is 7.13. The topological polar surface area (TPSA) is 90.3 Å². The fourth-order valence-electron chi connectivity index (χ4n) is 3.34. The summed E-state index contributed by atoms with van der Waals surface area (Å²) in [5, 5.41) is 3.27. The second-order valence-corrected chi connectivity index (χ2v) is 7.13. The van der Waals surface area contributed by atoms with Crippen molar-refractivity contribution in [2.45, 2.75) is 13.0 Å². The molecule has 0 saturated carbocycles. The van der Waals surface area contributed by atoms with Crippen LogP contribution < -0.4 is 10.9 Å². The molecule has 0 bridgehead atoms. The van der Waals surface area contributed by atoms with Crippen LogP contribution in [-0.2, 0) is 20.9 Å². The first-order chi connectivity index (χ1) is 15.6. The third-order valence-corrected chi connectivity index (χ3v) is 4.94. The lowest BCUT2D eigenvalue weighted by Crippen LogP contribution is -2.24. The Morgan fingerprint density at radius 3 is 2.47 bits per heavy atom. The average Bonchev–Trinajstić information content (AvgIpc) is 2.83. The molecule has 0 atom stereocenters. The smallest absolute Gasteiger partial charge is 0.308 e. The van der Waals surface area contributed by atoms with Gasteiger partial charge in [-0.2, -0.15) is 0 Å². The first kappa shape index (κ1) is 21.0. The Morgan fingerprint density at radius 2 is 1.62 bits per heavy atom. The van der Waals surface area contributed by atoms with Crippen LogP contribution in [0.5, 0.6) is 0 Å². The molecule has 0 spiro atoms. The fourth-order valence-corrected chi connectivity index (χ4v) is 3.34. The van der Waals surface area contributed by atoms with E-state index in [2.05, 4.69) is 10.3 Å². The van der Waals surface area contributed by atoms with Crippen LogP contribution in [0.15, 0.2) is 90.0 Å². The van der Waals surface area contributed by atoms with Crippen molar-refractivity contribution in [3.63, 3.8) is 0 Å². The minimum absolute atomic E-state index is 0.0478. The van der Waals surface area contributed by atoms with E-state index in [0.717, 1.165) is 11.1 Å². The average molecular weight is 427 g/mol. The van der Waals surface area contributed by atoms with Crippen molar-refractivity contribution in [1.82, 2.24) is 9.55 Å². The van der Waals surface area contributed by atoms with Gasteiger partial charge in [0.2, 0.25) is 0 Å². The Labute approximate surface area is 184 Å². The van der Waals surface area contributed by atoms with Crippen LogP contribution in [0.4, 0.5) is 5.69 Å². The maximum atomic E-state index is 12.5. The van der Waals surface area contributed by atoms with Crippen LogP contribution in [0.2, 0.25) is 0 Å². The number of carbonyl (C=O) groups is 2. The maximum Gasteiger partial charge on any atom is 0.308 e. The van der Waals surface area contributed by atoms with E-state index in [0.29, 0.717) is 16.6 Å². The standard InChI is InChI=1S/C25H21N3O4/c29-23(27-22-13-7-4-10-19(22)18-8-2-1-3-9-18)16-32-24(30)14-15-28-17-26-21-12-6-5-11-20(21)25(28)31/h1-13,17H,14-16H2,(H,27,29). The van der Waals surface area contributed by atoms with E-state index >= 15 is 0 Å². The number of fused-ring (bicyclic) bond motifs is 1. The summed E-state index contributed by atoms with van der Waals surface area (Å²) in [6.07, 6.45) is 1.36. The van der Waals surface area contributed by atoms with Crippen LogP contribution in [0.25, 0.3) is 22.0 Å². The first-order valence-corrected chi connectivity index (χ1v) is 10.2. The molecule has 7 heteroatoms. The highest BCUT2D eigenvalue weighted by molar-refractivity contribution is 5.96.